The van der Waals surface area contributed by atoms with Crippen molar-refractivity contribution in [3.8, 4) is 0 Å². The second-order valence-electron chi connectivity index (χ2n) is 6.42. The monoisotopic (exact) mass is 374 g/mol. The first-order chi connectivity index (χ1) is 13.0. The SMILES string of the molecule is CNC(=O)C(CCC=O)N(C)C(=O)c1ccc(N2CCNCC2)cc1C=O. The van der Waals surface area contributed by atoms with Crippen LogP contribution in [0, 0.1) is 0 Å². The summed E-state index contributed by atoms with van der Waals surface area (Å²) in [6.45, 7) is 3.39. The van der Waals surface area contributed by atoms with Crippen molar-refractivity contribution in [2.75, 3.05) is 45.2 Å². The van der Waals surface area contributed by atoms with Crippen LogP contribution in [0.2, 0.25) is 0 Å². The van der Waals surface area contributed by atoms with E-state index in [0.29, 0.717) is 12.6 Å². The summed E-state index contributed by atoms with van der Waals surface area (Å²) in [5.74, 6) is -0.777. The van der Waals surface area contributed by atoms with Crippen molar-refractivity contribution < 1.29 is 19.2 Å². The molecule has 8 heteroatoms. The van der Waals surface area contributed by atoms with Crippen LogP contribution in [0.5, 0.6) is 0 Å². The molecule has 146 valence electrons. The highest BCUT2D eigenvalue weighted by atomic mass is 16.2. The number of benzene rings is 1. The lowest BCUT2D eigenvalue weighted by Gasteiger charge is -2.30. The van der Waals surface area contributed by atoms with Gasteiger partial charge in [-0.25, -0.2) is 0 Å². The predicted octanol–water partition coefficient (Wildman–Crippen LogP) is 0.0744. The second kappa shape index (κ2) is 9.82. The van der Waals surface area contributed by atoms with E-state index in [1.807, 2.05) is 6.07 Å². The van der Waals surface area contributed by atoms with Crippen molar-refractivity contribution in [1.82, 2.24) is 15.5 Å². The first-order valence-corrected chi connectivity index (χ1v) is 9.00. The molecule has 1 aliphatic heterocycles. The Hall–Kier alpha value is -2.74. The molecule has 1 heterocycles. The predicted molar refractivity (Wildman–Crippen MR) is 102 cm³/mol. The number of carbonyl (C=O) groups excluding carboxylic acids is 4. The highest BCUT2D eigenvalue weighted by Gasteiger charge is 2.28. The maximum absolute atomic E-state index is 12.9. The van der Waals surface area contributed by atoms with Crippen LogP contribution in [0.15, 0.2) is 18.2 Å². The quantitative estimate of drug-likeness (QED) is 0.625. The van der Waals surface area contributed by atoms with Crippen molar-refractivity contribution in [2.24, 2.45) is 0 Å². The van der Waals surface area contributed by atoms with Crippen LogP contribution in [-0.4, -0.2) is 75.6 Å². The fourth-order valence-corrected chi connectivity index (χ4v) is 3.19. The zero-order chi connectivity index (χ0) is 19.8. The number of hydrogen-bond donors (Lipinski definition) is 2. The third kappa shape index (κ3) is 4.91. The summed E-state index contributed by atoms with van der Waals surface area (Å²) in [6.07, 6.45) is 1.76. The third-order valence-corrected chi connectivity index (χ3v) is 4.77. The van der Waals surface area contributed by atoms with Crippen molar-refractivity contribution in [3.63, 3.8) is 0 Å². The second-order valence-corrected chi connectivity index (χ2v) is 6.42. The van der Waals surface area contributed by atoms with E-state index in [1.165, 1.54) is 19.0 Å². The van der Waals surface area contributed by atoms with E-state index >= 15 is 0 Å². The Morgan fingerprint density at radius 3 is 2.59 bits per heavy atom. The van der Waals surface area contributed by atoms with Crippen molar-refractivity contribution in [1.29, 1.82) is 0 Å². The molecule has 1 saturated heterocycles. The number of anilines is 1. The van der Waals surface area contributed by atoms with Crippen LogP contribution in [0.3, 0.4) is 0 Å². The Labute approximate surface area is 158 Å². The van der Waals surface area contributed by atoms with Gasteiger partial charge < -0.3 is 25.2 Å². The molecule has 2 amide bonds. The molecule has 0 aliphatic carbocycles. The lowest BCUT2D eigenvalue weighted by atomic mass is 10.0. The highest BCUT2D eigenvalue weighted by Crippen LogP contribution is 2.21. The molecule has 1 unspecified atom stereocenters. The lowest BCUT2D eigenvalue weighted by Crippen LogP contribution is -2.47. The van der Waals surface area contributed by atoms with E-state index in [2.05, 4.69) is 15.5 Å². The van der Waals surface area contributed by atoms with Gasteiger partial charge >= 0.3 is 0 Å². The molecule has 0 radical (unpaired) electrons. The Bertz CT molecular complexity index is 701. The molecule has 0 saturated carbocycles. The number of amides is 2. The molecule has 1 aromatic rings. The molecule has 1 aromatic carbocycles. The normalized spacial score (nSPS) is 15.0. The van der Waals surface area contributed by atoms with Crippen molar-refractivity contribution in [2.45, 2.75) is 18.9 Å². The molecular weight excluding hydrogens is 348 g/mol. The largest absolute Gasteiger partial charge is 0.369 e. The average Bonchev–Trinajstić information content (AvgIpc) is 2.73. The Morgan fingerprint density at radius 1 is 1.30 bits per heavy atom. The first kappa shape index (κ1) is 20.6. The molecule has 27 heavy (non-hydrogen) atoms. The summed E-state index contributed by atoms with van der Waals surface area (Å²) in [5.41, 5.74) is 1.42. The van der Waals surface area contributed by atoms with Gasteiger partial charge in [0, 0.05) is 57.9 Å². The zero-order valence-corrected chi connectivity index (χ0v) is 15.7. The molecule has 2 rings (SSSR count). The van der Waals surface area contributed by atoms with Gasteiger partial charge in [0.1, 0.15) is 12.3 Å². The van der Waals surface area contributed by atoms with Gasteiger partial charge in [-0.3, -0.25) is 14.4 Å². The van der Waals surface area contributed by atoms with Crippen LogP contribution in [-0.2, 0) is 9.59 Å². The molecule has 0 bridgehead atoms. The number of nitrogens with zero attached hydrogens (tertiary/aromatic N) is 2. The van der Waals surface area contributed by atoms with Gasteiger partial charge in [0.15, 0.2) is 6.29 Å². The minimum absolute atomic E-state index is 0.165. The van der Waals surface area contributed by atoms with Gasteiger partial charge in [0.05, 0.1) is 5.56 Å². The van der Waals surface area contributed by atoms with Gasteiger partial charge in [-0.15, -0.1) is 0 Å². The van der Waals surface area contributed by atoms with Gasteiger partial charge in [0.25, 0.3) is 5.91 Å². The van der Waals surface area contributed by atoms with Gasteiger partial charge in [-0.05, 0) is 24.6 Å². The van der Waals surface area contributed by atoms with E-state index in [4.69, 9.17) is 0 Å². The van der Waals surface area contributed by atoms with E-state index in [9.17, 15) is 19.2 Å². The number of likely N-dealkylation sites (N-methyl/N-ethyl adjacent to an activating group) is 2. The molecule has 1 fully saturated rings. The molecule has 2 N–H and O–H groups in total. The number of aldehydes is 2. The van der Waals surface area contributed by atoms with E-state index in [1.54, 1.807) is 12.1 Å². The number of hydrogen-bond acceptors (Lipinski definition) is 6. The topological polar surface area (TPSA) is 98.8 Å². The van der Waals surface area contributed by atoms with Crippen LogP contribution >= 0.6 is 0 Å². The Balaban J connectivity index is 2.26. The summed E-state index contributed by atoms with van der Waals surface area (Å²) in [5, 5.41) is 5.78. The fourth-order valence-electron chi connectivity index (χ4n) is 3.19. The number of carbonyl (C=O) groups is 4. The standard InChI is InChI=1S/C19H26N4O4/c1-20-18(26)17(4-3-11-24)22(2)19(27)16-6-5-15(12-14(16)13-25)23-9-7-21-8-10-23/h5-6,11-13,17,21H,3-4,7-10H2,1-2H3,(H,20,26). The fraction of sp³-hybridized carbons (Fsp3) is 0.474. The number of nitrogens with one attached hydrogen (secondary N) is 2. The lowest BCUT2D eigenvalue weighted by molar-refractivity contribution is -0.125. The summed E-state index contributed by atoms with van der Waals surface area (Å²) >= 11 is 0. The van der Waals surface area contributed by atoms with Gasteiger partial charge in [0.2, 0.25) is 5.91 Å². The van der Waals surface area contributed by atoms with Gasteiger partial charge in [-0.2, -0.15) is 0 Å². The van der Waals surface area contributed by atoms with Crippen molar-refractivity contribution in [3.05, 3.63) is 29.3 Å². The number of rotatable bonds is 8. The van der Waals surface area contributed by atoms with Crippen LogP contribution in [0.4, 0.5) is 5.69 Å². The van der Waals surface area contributed by atoms with E-state index in [0.717, 1.165) is 31.9 Å². The molecule has 8 nitrogen and oxygen atoms in total. The van der Waals surface area contributed by atoms with Crippen LogP contribution in [0.25, 0.3) is 0 Å². The van der Waals surface area contributed by atoms with Crippen molar-refractivity contribution >= 4 is 30.1 Å². The van der Waals surface area contributed by atoms with Gasteiger partial charge in [-0.1, -0.05) is 0 Å². The van der Waals surface area contributed by atoms with E-state index in [-0.39, 0.29) is 29.9 Å². The summed E-state index contributed by atoms with van der Waals surface area (Å²) < 4.78 is 0. The van der Waals surface area contributed by atoms with E-state index < -0.39 is 11.9 Å². The minimum atomic E-state index is -0.778. The molecular formula is C19H26N4O4. The zero-order valence-electron chi connectivity index (χ0n) is 15.7. The minimum Gasteiger partial charge on any atom is -0.369 e. The highest BCUT2D eigenvalue weighted by molar-refractivity contribution is 6.03. The molecule has 1 aliphatic rings. The Morgan fingerprint density at radius 2 is 2.00 bits per heavy atom. The third-order valence-electron chi connectivity index (χ3n) is 4.77. The first-order valence-electron chi connectivity index (χ1n) is 9.00. The molecule has 1 atom stereocenters. The van der Waals surface area contributed by atoms with Crippen LogP contribution < -0.4 is 15.5 Å². The summed E-state index contributed by atoms with van der Waals surface area (Å²) in [6, 6.07) is 4.38. The smallest absolute Gasteiger partial charge is 0.255 e. The molecule has 0 aromatic heterocycles. The maximum atomic E-state index is 12.9. The average molecular weight is 374 g/mol. The number of piperazine rings is 1. The van der Waals surface area contributed by atoms with Crippen LogP contribution in [0.1, 0.15) is 33.6 Å². The Kier molecular flexibility index (Phi) is 7.48. The maximum Gasteiger partial charge on any atom is 0.255 e. The summed E-state index contributed by atoms with van der Waals surface area (Å²) in [7, 11) is 2.99. The summed E-state index contributed by atoms with van der Waals surface area (Å²) in [4.78, 5) is 50.7. The molecule has 0 spiro atoms.